The molecular weight excluding hydrogens is 168 g/mol. The fraction of sp³-hybridized carbons (Fsp3) is 0.222. The smallest absolute Gasteiger partial charge is 0.126 e. The molecule has 0 atom stereocenters. The molecule has 68 valence electrons. The van der Waals surface area contributed by atoms with Crippen LogP contribution in [0.15, 0.2) is 12.1 Å². The first kappa shape index (κ1) is 9.36. The molecule has 0 amide bonds. The lowest BCUT2D eigenvalue weighted by Gasteiger charge is -2.07. The number of ether oxygens (including phenoxy) is 1. The van der Waals surface area contributed by atoms with Crippen LogP contribution in [-0.4, -0.2) is 12.2 Å². The Bertz CT molecular complexity index is 355. The maximum absolute atomic E-state index is 8.93. The lowest BCUT2D eigenvalue weighted by molar-refractivity contribution is 0.274. The number of nitrogen functional groups attached to an aromatic ring is 1. The molecule has 0 aliphatic heterocycles. The summed E-state index contributed by atoms with van der Waals surface area (Å²) in [7, 11) is 1.49. The van der Waals surface area contributed by atoms with Crippen LogP contribution in [0.2, 0.25) is 0 Å². The van der Waals surface area contributed by atoms with Crippen molar-refractivity contribution in [2.75, 3.05) is 12.8 Å². The number of nitrogens with two attached hydrogens (primary N) is 1. The van der Waals surface area contributed by atoms with Crippen LogP contribution < -0.4 is 10.5 Å². The quantitative estimate of drug-likeness (QED) is 0.651. The Morgan fingerprint density at radius 1 is 1.62 bits per heavy atom. The second-order valence-electron chi connectivity index (χ2n) is 2.52. The fourth-order valence-electron chi connectivity index (χ4n) is 1.05. The van der Waals surface area contributed by atoms with E-state index >= 15 is 0 Å². The lowest BCUT2D eigenvalue weighted by Crippen LogP contribution is -1.97. The van der Waals surface area contributed by atoms with Crippen LogP contribution in [0.25, 0.3) is 0 Å². The van der Waals surface area contributed by atoms with Crippen LogP contribution in [0.1, 0.15) is 11.1 Å². The number of nitriles is 1. The summed E-state index contributed by atoms with van der Waals surface area (Å²) in [4.78, 5) is 0. The minimum atomic E-state index is -0.169. The predicted molar refractivity (Wildman–Crippen MR) is 48.0 cm³/mol. The van der Waals surface area contributed by atoms with Crippen molar-refractivity contribution in [2.24, 2.45) is 0 Å². The van der Waals surface area contributed by atoms with E-state index in [1.165, 1.54) is 19.2 Å². The third-order valence-electron chi connectivity index (χ3n) is 1.74. The van der Waals surface area contributed by atoms with E-state index in [1.807, 2.05) is 6.07 Å². The average Bonchev–Trinajstić information content (AvgIpc) is 2.17. The maximum Gasteiger partial charge on any atom is 0.126 e. The van der Waals surface area contributed by atoms with Gasteiger partial charge in [0.1, 0.15) is 11.8 Å². The molecule has 4 heteroatoms. The van der Waals surface area contributed by atoms with Crippen molar-refractivity contribution in [3.8, 4) is 11.8 Å². The van der Waals surface area contributed by atoms with Gasteiger partial charge in [-0.15, -0.1) is 0 Å². The molecule has 0 bridgehead atoms. The Balaban J connectivity index is 3.28. The van der Waals surface area contributed by atoms with Crippen molar-refractivity contribution >= 4 is 5.69 Å². The molecule has 4 nitrogen and oxygen atoms in total. The monoisotopic (exact) mass is 178 g/mol. The zero-order valence-electron chi connectivity index (χ0n) is 7.24. The normalized spacial score (nSPS) is 9.31. The molecule has 1 rings (SSSR count). The van der Waals surface area contributed by atoms with Crippen LogP contribution in [-0.2, 0) is 6.61 Å². The highest BCUT2D eigenvalue weighted by molar-refractivity contribution is 5.59. The van der Waals surface area contributed by atoms with E-state index in [0.29, 0.717) is 22.6 Å². The zero-order chi connectivity index (χ0) is 9.84. The number of rotatable bonds is 2. The molecule has 0 saturated heterocycles. The summed E-state index contributed by atoms with van der Waals surface area (Å²) in [6.07, 6.45) is 0. The molecule has 0 aliphatic rings. The molecule has 0 unspecified atom stereocenters. The highest BCUT2D eigenvalue weighted by Gasteiger charge is 2.06. The van der Waals surface area contributed by atoms with Gasteiger partial charge in [0, 0.05) is 11.6 Å². The van der Waals surface area contributed by atoms with Crippen LogP contribution in [0, 0.1) is 11.3 Å². The van der Waals surface area contributed by atoms with E-state index in [2.05, 4.69) is 0 Å². The summed E-state index contributed by atoms with van der Waals surface area (Å²) in [6.45, 7) is -0.169. The van der Waals surface area contributed by atoms with E-state index in [1.54, 1.807) is 0 Å². The number of nitrogens with zero attached hydrogens (tertiary/aromatic N) is 1. The number of benzene rings is 1. The Kier molecular flexibility index (Phi) is 2.72. The summed E-state index contributed by atoms with van der Waals surface area (Å²) in [6, 6.07) is 4.98. The highest BCUT2D eigenvalue weighted by atomic mass is 16.5. The van der Waals surface area contributed by atoms with Gasteiger partial charge >= 0.3 is 0 Å². The molecule has 3 N–H and O–H groups in total. The Morgan fingerprint density at radius 3 is 2.77 bits per heavy atom. The second kappa shape index (κ2) is 3.78. The summed E-state index contributed by atoms with van der Waals surface area (Å²) < 4.78 is 4.97. The highest BCUT2D eigenvalue weighted by Crippen LogP contribution is 2.24. The maximum atomic E-state index is 8.93. The topological polar surface area (TPSA) is 79.3 Å². The van der Waals surface area contributed by atoms with Gasteiger partial charge in [-0.3, -0.25) is 0 Å². The van der Waals surface area contributed by atoms with Crippen LogP contribution in [0.5, 0.6) is 5.75 Å². The fourth-order valence-corrected chi connectivity index (χ4v) is 1.05. The van der Waals surface area contributed by atoms with Gasteiger partial charge < -0.3 is 15.6 Å². The summed E-state index contributed by atoms with van der Waals surface area (Å²) in [5.41, 5.74) is 6.82. The molecule has 0 aromatic heterocycles. The largest absolute Gasteiger partial charge is 0.496 e. The summed E-state index contributed by atoms with van der Waals surface area (Å²) >= 11 is 0. The second-order valence-corrected chi connectivity index (χ2v) is 2.52. The number of aliphatic hydroxyl groups is 1. The van der Waals surface area contributed by atoms with Gasteiger partial charge in [0.05, 0.1) is 25.0 Å². The van der Waals surface area contributed by atoms with E-state index in [9.17, 15) is 0 Å². The van der Waals surface area contributed by atoms with Crippen molar-refractivity contribution in [2.45, 2.75) is 6.61 Å². The number of methoxy groups -OCH3 is 1. The van der Waals surface area contributed by atoms with Crippen molar-refractivity contribution in [1.29, 1.82) is 5.26 Å². The minimum Gasteiger partial charge on any atom is -0.496 e. The van der Waals surface area contributed by atoms with Gasteiger partial charge in [0.2, 0.25) is 0 Å². The lowest BCUT2D eigenvalue weighted by atomic mass is 10.1. The number of hydrogen-bond donors (Lipinski definition) is 2. The van der Waals surface area contributed by atoms with Gasteiger partial charge in [-0.25, -0.2) is 0 Å². The van der Waals surface area contributed by atoms with Crippen molar-refractivity contribution < 1.29 is 9.84 Å². The van der Waals surface area contributed by atoms with Gasteiger partial charge in [0.15, 0.2) is 0 Å². The van der Waals surface area contributed by atoms with E-state index < -0.39 is 0 Å². The summed E-state index contributed by atoms with van der Waals surface area (Å²) in [5.74, 6) is 0.499. The predicted octanol–water partition coefficient (Wildman–Crippen LogP) is 0.641. The first-order chi connectivity index (χ1) is 6.22. The SMILES string of the molecule is COc1cc(N)c(C#N)cc1CO. The Labute approximate surface area is 76.2 Å². The van der Waals surface area contributed by atoms with Gasteiger partial charge in [0.25, 0.3) is 0 Å². The van der Waals surface area contributed by atoms with Crippen LogP contribution in [0.4, 0.5) is 5.69 Å². The molecule has 0 radical (unpaired) electrons. The van der Waals surface area contributed by atoms with Gasteiger partial charge in [-0.05, 0) is 6.07 Å². The molecule has 1 aromatic carbocycles. The third-order valence-corrected chi connectivity index (χ3v) is 1.74. The molecule has 1 aromatic rings. The first-order valence-corrected chi connectivity index (χ1v) is 3.70. The zero-order valence-corrected chi connectivity index (χ0v) is 7.24. The molecule has 0 heterocycles. The van der Waals surface area contributed by atoms with Crippen LogP contribution >= 0.6 is 0 Å². The van der Waals surface area contributed by atoms with Crippen molar-refractivity contribution in [1.82, 2.24) is 0 Å². The van der Waals surface area contributed by atoms with Gasteiger partial charge in [-0.1, -0.05) is 0 Å². The number of hydrogen-bond acceptors (Lipinski definition) is 4. The molecule has 0 aliphatic carbocycles. The van der Waals surface area contributed by atoms with Gasteiger partial charge in [-0.2, -0.15) is 5.26 Å². The minimum absolute atomic E-state index is 0.169. The number of aliphatic hydroxyl groups excluding tert-OH is 1. The third kappa shape index (κ3) is 1.71. The number of anilines is 1. The van der Waals surface area contributed by atoms with E-state index in [-0.39, 0.29) is 6.61 Å². The summed E-state index contributed by atoms with van der Waals surface area (Å²) in [5, 5.41) is 17.6. The molecule has 0 fully saturated rings. The molecule has 13 heavy (non-hydrogen) atoms. The standard InChI is InChI=1S/C9H10N2O2/c1-13-9-3-8(11)6(4-10)2-7(9)5-12/h2-3,12H,5,11H2,1H3. The van der Waals surface area contributed by atoms with Crippen LogP contribution in [0.3, 0.4) is 0 Å². The van der Waals surface area contributed by atoms with E-state index in [0.717, 1.165) is 0 Å². The van der Waals surface area contributed by atoms with E-state index in [4.69, 9.17) is 20.8 Å². The molecule has 0 saturated carbocycles. The molecular formula is C9H10N2O2. The van der Waals surface area contributed by atoms with Crippen molar-refractivity contribution in [3.05, 3.63) is 23.3 Å². The molecule has 0 spiro atoms. The first-order valence-electron chi connectivity index (χ1n) is 3.70. The average molecular weight is 178 g/mol. The Hall–Kier alpha value is -1.73. The Morgan fingerprint density at radius 2 is 2.31 bits per heavy atom. The van der Waals surface area contributed by atoms with Crippen molar-refractivity contribution in [3.63, 3.8) is 0 Å².